The van der Waals surface area contributed by atoms with Gasteiger partial charge in [0.2, 0.25) is 47.3 Å². The quantitative estimate of drug-likeness (QED) is 0.0245. The Labute approximate surface area is 459 Å². The maximum atomic E-state index is 14.7. The molecule has 2 saturated heterocycles. The summed E-state index contributed by atoms with van der Waals surface area (Å²) in [6.45, 7) is 14.2. The summed E-state index contributed by atoms with van der Waals surface area (Å²) >= 11 is 4.13. The van der Waals surface area contributed by atoms with E-state index in [1.54, 1.807) is 37.0 Å². The van der Waals surface area contributed by atoms with Crippen LogP contribution in [-0.2, 0) is 59.0 Å². The van der Waals surface area contributed by atoms with Crippen molar-refractivity contribution < 1.29 is 57.7 Å². The van der Waals surface area contributed by atoms with Gasteiger partial charge in [0, 0.05) is 77.1 Å². The van der Waals surface area contributed by atoms with Crippen molar-refractivity contribution in [3.8, 4) is 0 Å². The van der Waals surface area contributed by atoms with Crippen molar-refractivity contribution in [1.82, 2.24) is 46.1 Å². The number of fused-ring (bicyclic) bond motifs is 1. The Hall–Kier alpha value is -5.58. The molecule has 2 aliphatic heterocycles. The lowest BCUT2D eigenvalue weighted by molar-refractivity contribution is -0.148. The number of thiol groups is 1. The highest BCUT2D eigenvalue weighted by Crippen LogP contribution is 2.30. The van der Waals surface area contributed by atoms with Crippen LogP contribution < -0.4 is 21.5 Å². The zero-order chi connectivity index (χ0) is 57.3. The number of amides is 8. The summed E-state index contributed by atoms with van der Waals surface area (Å²) in [4.78, 5) is 128. The number of aromatic amines is 1. The molecule has 0 aliphatic carbocycles. The van der Waals surface area contributed by atoms with Gasteiger partial charge in [0.05, 0.1) is 47.9 Å². The second kappa shape index (κ2) is 30.5. The molecule has 10 atom stereocenters. The van der Waals surface area contributed by atoms with Crippen LogP contribution in [0.15, 0.2) is 30.5 Å². The van der Waals surface area contributed by atoms with Crippen molar-refractivity contribution in [3.05, 3.63) is 36.0 Å². The van der Waals surface area contributed by atoms with Gasteiger partial charge >= 0.3 is 5.97 Å². The molecular formula is C55H87N9O12S. The van der Waals surface area contributed by atoms with E-state index >= 15 is 0 Å². The Kier molecular flexibility index (Phi) is 25.4. The van der Waals surface area contributed by atoms with Crippen LogP contribution in [0.4, 0.5) is 0 Å². The summed E-state index contributed by atoms with van der Waals surface area (Å²) < 4.78 is 12.0. The predicted octanol–water partition coefficient (Wildman–Crippen LogP) is 3.84. The molecule has 22 heteroatoms. The van der Waals surface area contributed by atoms with E-state index in [0.29, 0.717) is 58.0 Å². The number of ether oxygens (including phenoxy) is 2. The second-order valence-electron chi connectivity index (χ2n) is 21.6. The van der Waals surface area contributed by atoms with Crippen LogP contribution in [0, 0.1) is 23.7 Å². The number of aromatic nitrogens is 1. The number of carboxylic acid groups (broad SMARTS) is 1. The normalized spacial score (nSPS) is 18.9. The molecule has 77 heavy (non-hydrogen) atoms. The molecule has 1 aromatic heterocycles. The zero-order valence-electron chi connectivity index (χ0n) is 47.1. The summed E-state index contributed by atoms with van der Waals surface area (Å²) in [7, 11) is 6.44. The molecule has 8 amide bonds. The van der Waals surface area contributed by atoms with Crippen LogP contribution in [-0.4, -0.2) is 179 Å². The number of hydrogen-bond donors (Lipinski definition) is 7. The van der Waals surface area contributed by atoms with Gasteiger partial charge in [-0.3, -0.25) is 59.0 Å². The number of likely N-dealkylation sites (tertiary alicyclic amines) is 2. The number of carboxylic acids is 1. The Morgan fingerprint density at radius 2 is 1.53 bits per heavy atom. The third kappa shape index (κ3) is 17.5. The number of rotatable bonds is 31. The molecule has 21 nitrogen and oxygen atoms in total. The van der Waals surface area contributed by atoms with E-state index in [1.807, 2.05) is 70.7 Å². The number of para-hydroxylation sites is 1. The van der Waals surface area contributed by atoms with Crippen LogP contribution in [0.3, 0.4) is 0 Å². The average Bonchev–Trinajstić information content (AvgIpc) is 4.10. The fraction of sp³-hybridized carbons (Fsp3) is 0.691. The number of nitrogens with one attached hydrogen (secondary N) is 5. The number of hydrogen-bond acceptors (Lipinski definition) is 13. The van der Waals surface area contributed by atoms with Gasteiger partial charge < -0.3 is 40.0 Å². The topological polar surface area (TPSA) is 269 Å². The number of carbonyl (C=O) groups excluding carboxylic acids is 8. The third-order valence-corrected chi connectivity index (χ3v) is 15.7. The maximum Gasteiger partial charge on any atom is 0.326 e. The number of carbonyl (C=O) groups is 9. The van der Waals surface area contributed by atoms with E-state index in [2.05, 4.69) is 39.1 Å². The highest BCUT2D eigenvalue weighted by Gasteiger charge is 2.44. The molecule has 1 unspecified atom stereocenters. The summed E-state index contributed by atoms with van der Waals surface area (Å²) in [6.07, 6.45) is 4.45. The van der Waals surface area contributed by atoms with Crippen molar-refractivity contribution in [1.29, 1.82) is 0 Å². The Morgan fingerprint density at radius 1 is 0.870 bits per heavy atom. The van der Waals surface area contributed by atoms with Gasteiger partial charge in [0.1, 0.15) is 12.1 Å². The molecule has 0 spiro atoms. The van der Waals surface area contributed by atoms with Gasteiger partial charge in [-0.1, -0.05) is 79.5 Å². The van der Waals surface area contributed by atoms with Crippen LogP contribution in [0.2, 0.25) is 0 Å². The first-order chi connectivity index (χ1) is 36.5. The summed E-state index contributed by atoms with van der Waals surface area (Å²) in [6, 6.07) is 3.65. The number of methoxy groups -OCH3 is 2. The highest BCUT2D eigenvalue weighted by atomic mass is 32.1. The summed E-state index contributed by atoms with van der Waals surface area (Å²) in [5.74, 6) is -5.39. The number of hydrazine groups is 1. The SMILES string of the molecule is CC[C@H](C)[C@@H]([C@@H](CC(=O)N1CCC[C@H]1[C@H](OC)[C@@H](C)C(=O)N[C@@H](Cc1c[nH]c2ccccc12)C(=O)O)OC)N(C)C(=O)[C@@H](NC(=O)[C@H](C(C)C)N(C)CCCC(=O)NNC(=O)CCCCCN1C(=O)CC(S)C1=O)C(C)C. The Bertz CT molecular complexity index is 2350. The number of likely N-dealkylation sites (N-methyl/N-ethyl adjacent to an activating group) is 2. The van der Waals surface area contributed by atoms with Gasteiger partial charge in [-0.2, -0.15) is 12.6 Å². The minimum Gasteiger partial charge on any atom is -0.480 e. The maximum absolute atomic E-state index is 14.7. The van der Waals surface area contributed by atoms with Gasteiger partial charge in [-0.15, -0.1) is 0 Å². The fourth-order valence-corrected chi connectivity index (χ4v) is 11.1. The Balaban J connectivity index is 1.32. The molecule has 4 rings (SSSR count). The van der Waals surface area contributed by atoms with E-state index in [9.17, 15) is 48.3 Å². The second-order valence-corrected chi connectivity index (χ2v) is 22.2. The molecular weight excluding hydrogens is 1010 g/mol. The lowest BCUT2D eigenvalue weighted by Crippen LogP contribution is -2.60. The number of imide groups is 1. The van der Waals surface area contributed by atoms with Crippen LogP contribution >= 0.6 is 12.6 Å². The van der Waals surface area contributed by atoms with Crippen molar-refractivity contribution in [2.75, 3.05) is 47.9 Å². The highest BCUT2D eigenvalue weighted by molar-refractivity contribution is 7.81. The first-order valence-corrected chi connectivity index (χ1v) is 27.8. The lowest BCUT2D eigenvalue weighted by Gasteiger charge is -2.41. The van der Waals surface area contributed by atoms with E-state index < -0.39 is 71.4 Å². The lowest BCUT2D eigenvalue weighted by atomic mass is 9.89. The van der Waals surface area contributed by atoms with Gasteiger partial charge in [-0.05, 0) is 75.1 Å². The van der Waals surface area contributed by atoms with Crippen molar-refractivity contribution in [3.63, 3.8) is 0 Å². The van der Waals surface area contributed by atoms with Gasteiger partial charge in [0.15, 0.2) is 0 Å². The molecule has 2 aromatic rings. The van der Waals surface area contributed by atoms with E-state index in [0.717, 1.165) is 16.5 Å². The minimum atomic E-state index is -1.21. The molecule has 0 bridgehead atoms. The monoisotopic (exact) mass is 1100 g/mol. The smallest absolute Gasteiger partial charge is 0.326 e. The number of benzene rings is 1. The van der Waals surface area contributed by atoms with Crippen LogP contribution in [0.5, 0.6) is 0 Å². The molecule has 1 aromatic carbocycles. The van der Waals surface area contributed by atoms with Crippen molar-refractivity contribution >= 4 is 76.8 Å². The Morgan fingerprint density at radius 3 is 2.12 bits per heavy atom. The summed E-state index contributed by atoms with van der Waals surface area (Å²) in [5.41, 5.74) is 6.47. The van der Waals surface area contributed by atoms with E-state index in [-0.39, 0.29) is 91.8 Å². The number of aliphatic carboxylic acids is 1. The van der Waals surface area contributed by atoms with Gasteiger partial charge in [0.25, 0.3) is 0 Å². The standard InChI is InChI=1S/C55H87N9O12S/c1-12-34(6)49(41(75-10)29-45(67)63-27-18-22-40(63)50(76-11)35(7)51(69)57-39(55(73)74)28-36-31-56-38-21-16-15-20-37(36)38)62(9)54(72)47(32(2)3)58-52(70)48(33(4)5)61(8)25-19-24-44(66)60-59-43(65)23-14-13-17-26-64-46(68)30-42(77)53(64)71/h15-16,20-21,31-35,39-42,47-50,56,77H,12-14,17-19,22-30H2,1-11H3,(H,57,69)(H,58,70)(H,59,65)(H,60,66)(H,73,74)/t34-,35+,39-,40-,41+,42?,47-,48-,49-,50+/m0/s1. The molecule has 0 radical (unpaired) electrons. The minimum absolute atomic E-state index is 0.0610. The first kappa shape index (κ1) is 63.9. The van der Waals surface area contributed by atoms with E-state index in [1.165, 1.54) is 19.1 Å². The number of H-pyrrole nitrogens is 1. The first-order valence-electron chi connectivity index (χ1n) is 27.3. The van der Waals surface area contributed by atoms with E-state index in [4.69, 9.17) is 9.47 Å². The van der Waals surface area contributed by atoms with Crippen LogP contribution in [0.25, 0.3) is 10.9 Å². The molecule has 6 N–H and O–H groups in total. The molecule has 3 heterocycles. The zero-order valence-corrected chi connectivity index (χ0v) is 48.0. The average molecular weight is 1100 g/mol. The van der Waals surface area contributed by atoms with Crippen LogP contribution in [0.1, 0.15) is 125 Å². The fourth-order valence-electron chi connectivity index (χ4n) is 10.8. The van der Waals surface area contributed by atoms with Gasteiger partial charge in [-0.25, -0.2) is 4.79 Å². The number of nitrogens with zero attached hydrogens (tertiary/aromatic N) is 4. The molecule has 430 valence electrons. The number of unbranched alkanes of at least 4 members (excludes halogenated alkanes) is 2. The molecule has 2 fully saturated rings. The summed E-state index contributed by atoms with van der Waals surface area (Å²) in [5, 5.41) is 16.2. The predicted molar refractivity (Wildman–Crippen MR) is 294 cm³/mol. The van der Waals surface area contributed by atoms with Crippen molar-refractivity contribution in [2.24, 2.45) is 23.7 Å². The largest absolute Gasteiger partial charge is 0.480 e. The molecule has 2 aliphatic rings. The molecule has 0 saturated carbocycles. The third-order valence-electron chi connectivity index (χ3n) is 15.3. The van der Waals surface area contributed by atoms with Crippen molar-refractivity contribution in [2.45, 2.75) is 173 Å².